The zero-order valence-corrected chi connectivity index (χ0v) is 13.1. The molecule has 0 aromatic carbocycles. The molecule has 0 spiro atoms. The molecule has 1 aliphatic rings. The molecule has 0 unspecified atom stereocenters. The monoisotopic (exact) mass is 333 g/mol. The van der Waals surface area contributed by atoms with Crippen LogP contribution in [0, 0.1) is 0 Å². The molecule has 2 N–H and O–H groups in total. The number of pyridine rings is 1. The van der Waals surface area contributed by atoms with Gasteiger partial charge in [0.05, 0.1) is 17.1 Å². The summed E-state index contributed by atoms with van der Waals surface area (Å²) in [6, 6.07) is 2.31. The van der Waals surface area contributed by atoms with E-state index in [4.69, 9.17) is 20.9 Å². The van der Waals surface area contributed by atoms with Gasteiger partial charge in [-0.25, -0.2) is 4.98 Å². The van der Waals surface area contributed by atoms with E-state index in [1.54, 1.807) is 12.4 Å². The SMILES string of the molecule is Clc1c(-c2noc(CNC3CCOCC3)n2)cnc2[nH]ccc12. The lowest BCUT2D eigenvalue weighted by Gasteiger charge is -2.22. The van der Waals surface area contributed by atoms with E-state index in [0.29, 0.717) is 34.9 Å². The van der Waals surface area contributed by atoms with Gasteiger partial charge >= 0.3 is 0 Å². The maximum Gasteiger partial charge on any atom is 0.240 e. The van der Waals surface area contributed by atoms with Crippen molar-refractivity contribution in [1.82, 2.24) is 25.4 Å². The minimum atomic E-state index is 0.431. The molecule has 0 bridgehead atoms. The number of hydrogen-bond acceptors (Lipinski definition) is 6. The highest BCUT2D eigenvalue weighted by Gasteiger charge is 2.17. The van der Waals surface area contributed by atoms with Gasteiger partial charge in [-0.15, -0.1) is 0 Å². The van der Waals surface area contributed by atoms with Crippen molar-refractivity contribution in [3.8, 4) is 11.4 Å². The van der Waals surface area contributed by atoms with Crippen LogP contribution in [0.15, 0.2) is 23.0 Å². The van der Waals surface area contributed by atoms with Crippen LogP contribution in [-0.2, 0) is 11.3 Å². The van der Waals surface area contributed by atoms with Gasteiger partial charge in [0.2, 0.25) is 11.7 Å². The lowest BCUT2D eigenvalue weighted by Crippen LogP contribution is -2.34. The van der Waals surface area contributed by atoms with Gasteiger partial charge in [-0.2, -0.15) is 4.98 Å². The Bertz CT molecular complexity index is 809. The zero-order valence-electron chi connectivity index (χ0n) is 12.4. The summed E-state index contributed by atoms with van der Waals surface area (Å²) in [5.41, 5.74) is 1.41. The average molecular weight is 334 g/mol. The maximum atomic E-state index is 6.41. The fraction of sp³-hybridized carbons (Fsp3) is 0.400. The van der Waals surface area contributed by atoms with Crippen molar-refractivity contribution < 1.29 is 9.26 Å². The van der Waals surface area contributed by atoms with E-state index in [1.807, 2.05) is 6.07 Å². The average Bonchev–Trinajstić information content (AvgIpc) is 3.24. The molecule has 1 saturated heterocycles. The van der Waals surface area contributed by atoms with E-state index in [-0.39, 0.29) is 0 Å². The molecule has 1 aliphatic heterocycles. The molecule has 0 atom stereocenters. The fourth-order valence-corrected chi connectivity index (χ4v) is 2.99. The van der Waals surface area contributed by atoms with Gasteiger partial charge < -0.3 is 19.6 Å². The third kappa shape index (κ3) is 2.95. The van der Waals surface area contributed by atoms with Crippen molar-refractivity contribution in [2.45, 2.75) is 25.4 Å². The number of hydrogen-bond donors (Lipinski definition) is 2. The summed E-state index contributed by atoms with van der Waals surface area (Å²) in [4.78, 5) is 11.7. The molecule has 0 radical (unpaired) electrons. The van der Waals surface area contributed by atoms with Crippen LogP contribution in [0.25, 0.3) is 22.4 Å². The van der Waals surface area contributed by atoms with Crippen LogP contribution in [-0.4, -0.2) is 39.4 Å². The normalized spacial score (nSPS) is 16.2. The second kappa shape index (κ2) is 6.27. The predicted molar refractivity (Wildman–Crippen MR) is 85.1 cm³/mol. The highest BCUT2D eigenvalue weighted by Crippen LogP contribution is 2.31. The van der Waals surface area contributed by atoms with Crippen LogP contribution in [0.5, 0.6) is 0 Å². The first-order valence-corrected chi connectivity index (χ1v) is 7.95. The molecule has 0 amide bonds. The van der Waals surface area contributed by atoms with Crippen molar-refractivity contribution in [2.75, 3.05) is 13.2 Å². The second-order valence-corrected chi connectivity index (χ2v) is 5.88. The molecule has 0 aliphatic carbocycles. The van der Waals surface area contributed by atoms with Gasteiger partial charge in [0, 0.05) is 37.0 Å². The number of nitrogens with one attached hydrogen (secondary N) is 2. The first kappa shape index (κ1) is 14.6. The minimum absolute atomic E-state index is 0.431. The summed E-state index contributed by atoms with van der Waals surface area (Å²) in [6.07, 6.45) is 5.45. The van der Waals surface area contributed by atoms with Gasteiger partial charge in [-0.1, -0.05) is 16.8 Å². The molecule has 3 aromatic heterocycles. The minimum Gasteiger partial charge on any atom is -0.381 e. The largest absolute Gasteiger partial charge is 0.381 e. The molecular weight excluding hydrogens is 318 g/mol. The molecule has 120 valence electrons. The summed E-state index contributed by atoms with van der Waals surface area (Å²) in [6.45, 7) is 2.13. The Balaban J connectivity index is 1.51. The Kier molecular flexibility index (Phi) is 3.99. The molecule has 7 nitrogen and oxygen atoms in total. The molecule has 0 saturated carbocycles. The van der Waals surface area contributed by atoms with Crippen molar-refractivity contribution in [1.29, 1.82) is 0 Å². The first-order valence-electron chi connectivity index (χ1n) is 7.57. The molecule has 4 heterocycles. The van der Waals surface area contributed by atoms with E-state index in [2.05, 4.69) is 25.4 Å². The van der Waals surface area contributed by atoms with Crippen molar-refractivity contribution in [3.05, 3.63) is 29.4 Å². The highest BCUT2D eigenvalue weighted by atomic mass is 35.5. The highest BCUT2D eigenvalue weighted by molar-refractivity contribution is 6.37. The first-order chi connectivity index (χ1) is 11.3. The quantitative estimate of drug-likeness (QED) is 0.762. The summed E-state index contributed by atoms with van der Waals surface area (Å²) >= 11 is 6.41. The Morgan fingerprint density at radius 2 is 2.22 bits per heavy atom. The summed E-state index contributed by atoms with van der Waals surface area (Å²) < 4.78 is 10.6. The molecule has 4 rings (SSSR count). The van der Waals surface area contributed by atoms with Gasteiger partial charge in [0.25, 0.3) is 0 Å². The Morgan fingerprint density at radius 3 is 3.09 bits per heavy atom. The number of aromatic nitrogens is 4. The summed E-state index contributed by atoms with van der Waals surface area (Å²) in [7, 11) is 0. The molecule has 23 heavy (non-hydrogen) atoms. The van der Waals surface area contributed by atoms with E-state index in [1.165, 1.54) is 0 Å². The Labute approximate surface area is 137 Å². The number of aromatic amines is 1. The smallest absolute Gasteiger partial charge is 0.240 e. The number of halogens is 1. The van der Waals surface area contributed by atoms with Crippen LogP contribution in [0.4, 0.5) is 0 Å². The van der Waals surface area contributed by atoms with Crippen LogP contribution in [0.1, 0.15) is 18.7 Å². The third-order valence-corrected chi connectivity index (χ3v) is 4.40. The van der Waals surface area contributed by atoms with Gasteiger partial charge in [0.1, 0.15) is 5.65 Å². The van der Waals surface area contributed by atoms with Crippen LogP contribution >= 0.6 is 11.6 Å². The van der Waals surface area contributed by atoms with E-state index < -0.39 is 0 Å². The third-order valence-electron chi connectivity index (χ3n) is 3.99. The van der Waals surface area contributed by atoms with Crippen molar-refractivity contribution in [2.24, 2.45) is 0 Å². The maximum absolute atomic E-state index is 6.41. The standard InChI is InChI=1S/C15H16ClN5O2/c16-13-10-1-4-17-14(10)19-7-11(13)15-20-12(23-21-15)8-18-9-2-5-22-6-3-9/h1,4,7,9,18H,2-3,5-6,8H2,(H,17,19). The van der Waals surface area contributed by atoms with Crippen LogP contribution in [0.3, 0.4) is 0 Å². The summed E-state index contributed by atoms with van der Waals surface area (Å²) in [5.74, 6) is 0.992. The molecule has 1 fully saturated rings. The van der Waals surface area contributed by atoms with Crippen molar-refractivity contribution in [3.63, 3.8) is 0 Å². The second-order valence-electron chi connectivity index (χ2n) is 5.51. The Hall–Kier alpha value is -1.96. The van der Waals surface area contributed by atoms with E-state index >= 15 is 0 Å². The van der Waals surface area contributed by atoms with Crippen LogP contribution in [0.2, 0.25) is 5.02 Å². The number of rotatable bonds is 4. The van der Waals surface area contributed by atoms with Crippen LogP contribution < -0.4 is 5.32 Å². The molecule has 3 aromatic rings. The predicted octanol–water partition coefficient (Wildman–Crippen LogP) is 2.53. The van der Waals surface area contributed by atoms with Crippen molar-refractivity contribution >= 4 is 22.6 Å². The lowest BCUT2D eigenvalue weighted by molar-refractivity contribution is 0.0768. The number of fused-ring (bicyclic) bond motifs is 1. The van der Waals surface area contributed by atoms with E-state index in [0.717, 1.165) is 37.1 Å². The van der Waals surface area contributed by atoms with E-state index in [9.17, 15) is 0 Å². The summed E-state index contributed by atoms with van der Waals surface area (Å²) in [5, 5.41) is 8.84. The molecular formula is C15H16ClN5O2. The fourth-order valence-electron chi connectivity index (χ4n) is 2.70. The van der Waals surface area contributed by atoms with Gasteiger partial charge in [-0.05, 0) is 18.9 Å². The topological polar surface area (TPSA) is 88.9 Å². The number of ether oxygens (including phenoxy) is 1. The van der Waals surface area contributed by atoms with Gasteiger partial charge in [0.15, 0.2) is 0 Å². The number of H-pyrrole nitrogens is 1. The molecule has 8 heteroatoms. The number of nitrogens with zero attached hydrogens (tertiary/aromatic N) is 3. The lowest BCUT2D eigenvalue weighted by atomic mass is 10.1. The van der Waals surface area contributed by atoms with Gasteiger partial charge in [-0.3, -0.25) is 0 Å². The zero-order chi connectivity index (χ0) is 15.6. The Morgan fingerprint density at radius 1 is 1.35 bits per heavy atom.